The molecule has 0 N–H and O–H groups in total. The molecule has 0 fully saturated rings. The average molecular weight is 314 g/mol. The van der Waals surface area contributed by atoms with Gasteiger partial charge in [-0.2, -0.15) is 0 Å². The molecule has 0 radical (unpaired) electrons. The topological polar surface area (TPSA) is 72.5 Å². The maximum absolute atomic E-state index is 11.1. The van der Waals surface area contributed by atoms with Gasteiger partial charge in [0.05, 0.1) is 18.8 Å². The van der Waals surface area contributed by atoms with Crippen LogP contribution in [0.5, 0.6) is 11.5 Å². The van der Waals surface area contributed by atoms with Crippen molar-refractivity contribution >= 4 is 6.29 Å². The quantitative estimate of drug-likeness (QED) is 0.458. The van der Waals surface area contributed by atoms with E-state index in [4.69, 9.17) is 28.4 Å². The van der Waals surface area contributed by atoms with E-state index in [0.717, 1.165) is 0 Å². The highest BCUT2D eigenvalue weighted by molar-refractivity contribution is 5.79. The molecule has 0 aliphatic carbocycles. The second-order valence-electron chi connectivity index (χ2n) is 4.01. The van der Waals surface area contributed by atoms with Crippen LogP contribution in [-0.2, 0) is 18.9 Å². The summed E-state index contributed by atoms with van der Waals surface area (Å²) in [6.45, 7) is 2.71. The van der Waals surface area contributed by atoms with Gasteiger partial charge < -0.3 is 28.4 Å². The molecule has 124 valence electrons. The molecule has 0 aliphatic heterocycles. The predicted molar refractivity (Wildman–Crippen MR) is 77.9 cm³/mol. The number of methoxy groups -OCH3 is 2. The second-order valence-corrected chi connectivity index (χ2v) is 4.01. The van der Waals surface area contributed by atoms with Gasteiger partial charge in [-0.25, -0.2) is 0 Å². The third-order valence-corrected chi connectivity index (χ3v) is 2.56. The van der Waals surface area contributed by atoms with Gasteiger partial charge in [-0.1, -0.05) is 0 Å². The first kappa shape index (κ1) is 18.4. The van der Waals surface area contributed by atoms with Gasteiger partial charge in [0.15, 0.2) is 6.29 Å². The molecule has 1 aromatic carbocycles. The number of carbonyl (C=O) groups excluding carboxylic acids is 1. The Labute approximate surface area is 130 Å². The summed E-state index contributed by atoms with van der Waals surface area (Å²) in [5.74, 6) is 0.700. The molecular formula is C15H22O7. The van der Waals surface area contributed by atoms with Crippen LogP contribution in [0.15, 0.2) is 18.2 Å². The molecule has 7 heteroatoms. The van der Waals surface area contributed by atoms with Crippen LogP contribution in [0.1, 0.15) is 24.2 Å². The summed E-state index contributed by atoms with van der Waals surface area (Å²) in [6.07, 6.45) is 0.675. The number of ether oxygens (including phenoxy) is 6. The zero-order valence-corrected chi connectivity index (χ0v) is 13.2. The average Bonchev–Trinajstić information content (AvgIpc) is 2.54. The minimum absolute atomic E-state index is 0.277. The fourth-order valence-corrected chi connectivity index (χ4v) is 1.57. The Morgan fingerprint density at radius 1 is 1.00 bits per heavy atom. The van der Waals surface area contributed by atoms with Crippen LogP contribution < -0.4 is 9.47 Å². The Kier molecular flexibility index (Phi) is 8.46. The molecule has 1 rings (SSSR count). The molecule has 22 heavy (non-hydrogen) atoms. The normalized spacial score (nSPS) is 13.5. The third kappa shape index (κ3) is 5.61. The maximum Gasteiger partial charge on any atom is 0.315 e. The summed E-state index contributed by atoms with van der Waals surface area (Å²) in [5, 5.41) is 0. The third-order valence-electron chi connectivity index (χ3n) is 2.56. The van der Waals surface area contributed by atoms with E-state index in [9.17, 15) is 4.79 Å². The molecule has 0 saturated carbocycles. The van der Waals surface area contributed by atoms with E-state index < -0.39 is 13.0 Å². The van der Waals surface area contributed by atoms with Gasteiger partial charge in [-0.15, -0.1) is 0 Å². The first-order valence-corrected chi connectivity index (χ1v) is 6.89. The molecule has 2 unspecified atom stereocenters. The van der Waals surface area contributed by atoms with Crippen molar-refractivity contribution in [2.45, 2.75) is 26.8 Å². The van der Waals surface area contributed by atoms with Gasteiger partial charge in [0.2, 0.25) is 0 Å². The highest BCUT2D eigenvalue weighted by atomic mass is 16.8. The molecule has 0 bridgehead atoms. The van der Waals surface area contributed by atoms with E-state index in [0.29, 0.717) is 30.8 Å². The first-order valence-electron chi connectivity index (χ1n) is 6.89. The van der Waals surface area contributed by atoms with Crippen molar-refractivity contribution in [3.05, 3.63) is 23.8 Å². The van der Waals surface area contributed by atoms with Crippen molar-refractivity contribution in [3.8, 4) is 11.5 Å². The van der Waals surface area contributed by atoms with Crippen molar-refractivity contribution in [1.82, 2.24) is 0 Å². The van der Waals surface area contributed by atoms with Crippen molar-refractivity contribution in [2.75, 3.05) is 27.4 Å². The lowest BCUT2D eigenvalue weighted by atomic mass is 10.2. The number of hydrogen-bond donors (Lipinski definition) is 0. The van der Waals surface area contributed by atoms with Crippen LogP contribution in [0.4, 0.5) is 0 Å². The Bertz CT molecular complexity index is 450. The van der Waals surface area contributed by atoms with Gasteiger partial charge in [0.25, 0.3) is 0 Å². The summed E-state index contributed by atoms with van der Waals surface area (Å²) in [4.78, 5) is 11.1. The Hall–Kier alpha value is -1.67. The largest absolute Gasteiger partial charge is 0.441 e. The highest BCUT2D eigenvalue weighted by Gasteiger charge is 2.15. The lowest BCUT2D eigenvalue weighted by Gasteiger charge is -2.20. The van der Waals surface area contributed by atoms with Crippen LogP contribution in [0, 0.1) is 0 Å². The van der Waals surface area contributed by atoms with Crippen molar-refractivity contribution in [1.29, 1.82) is 0 Å². The molecule has 2 atom stereocenters. The lowest BCUT2D eigenvalue weighted by molar-refractivity contribution is -0.233. The molecule has 7 nitrogen and oxygen atoms in total. The molecule has 1 aromatic rings. The van der Waals surface area contributed by atoms with E-state index in [1.807, 2.05) is 6.92 Å². The number of hydrogen-bond acceptors (Lipinski definition) is 7. The summed E-state index contributed by atoms with van der Waals surface area (Å²) in [5.41, 5.74) is 0.347. The van der Waals surface area contributed by atoms with Crippen LogP contribution in [0.25, 0.3) is 0 Å². The fourth-order valence-electron chi connectivity index (χ4n) is 1.57. The molecule has 0 amide bonds. The monoisotopic (exact) mass is 314 g/mol. The van der Waals surface area contributed by atoms with Crippen molar-refractivity contribution < 1.29 is 33.2 Å². The van der Waals surface area contributed by atoms with Crippen LogP contribution >= 0.6 is 0 Å². The minimum atomic E-state index is -0.913. The Morgan fingerprint density at radius 3 is 2.09 bits per heavy atom. The van der Waals surface area contributed by atoms with Gasteiger partial charge in [-0.05, 0) is 26.0 Å². The van der Waals surface area contributed by atoms with E-state index >= 15 is 0 Å². The van der Waals surface area contributed by atoms with Gasteiger partial charge in [0.1, 0.15) is 11.5 Å². The molecule has 0 aliphatic rings. The summed E-state index contributed by atoms with van der Waals surface area (Å²) in [6, 6.07) is 4.72. The summed E-state index contributed by atoms with van der Waals surface area (Å²) < 4.78 is 31.5. The van der Waals surface area contributed by atoms with E-state index in [2.05, 4.69) is 0 Å². The number of rotatable bonds is 11. The molecule has 0 spiro atoms. The first-order chi connectivity index (χ1) is 10.7. The smallest absolute Gasteiger partial charge is 0.315 e. The second kappa shape index (κ2) is 10.1. The van der Waals surface area contributed by atoms with Crippen LogP contribution in [-0.4, -0.2) is 46.7 Å². The SMILES string of the molecule is CCOC(OC)Oc1ccc(C=O)c(OC(OC)OCC)c1. The van der Waals surface area contributed by atoms with Crippen molar-refractivity contribution in [3.63, 3.8) is 0 Å². The Morgan fingerprint density at radius 2 is 1.59 bits per heavy atom. The molecule has 0 aromatic heterocycles. The van der Waals surface area contributed by atoms with E-state index in [1.54, 1.807) is 25.1 Å². The van der Waals surface area contributed by atoms with E-state index in [-0.39, 0.29) is 5.75 Å². The van der Waals surface area contributed by atoms with Gasteiger partial charge in [-0.3, -0.25) is 4.79 Å². The van der Waals surface area contributed by atoms with Crippen molar-refractivity contribution in [2.24, 2.45) is 0 Å². The lowest BCUT2D eigenvalue weighted by Crippen LogP contribution is -2.24. The minimum Gasteiger partial charge on any atom is -0.441 e. The standard InChI is InChI=1S/C15H22O7/c1-5-19-14(17-3)21-12-8-7-11(10-16)13(9-12)22-15(18-4)20-6-2/h7-10,14-15H,5-6H2,1-4H3. The van der Waals surface area contributed by atoms with Gasteiger partial charge >= 0.3 is 13.0 Å². The zero-order chi connectivity index (χ0) is 16.4. The number of carbonyl (C=O) groups is 1. The summed E-state index contributed by atoms with van der Waals surface area (Å²) >= 11 is 0. The predicted octanol–water partition coefficient (Wildman–Crippen LogP) is 2.19. The fraction of sp³-hybridized carbons (Fsp3) is 0.533. The Balaban J connectivity index is 2.89. The molecule has 0 heterocycles. The van der Waals surface area contributed by atoms with Crippen LogP contribution in [0.3, 0.4) is 0 Å². The molecule has 0 saturated heterocycles. The van der Waals surface area contributed by atoms with Crippen LogP contribution in [0.2, 0.25) is 0 Å². The van der Waals surface area contributed by atoms with Gasteiger partial charge in [0, 0.05) is 20.3 Å². The maximum atomic E-state index is 11.1. The summed E-state index contributed by atoms with van der Waals surface area (Å²) in [7, 11) is 2.91. The molecular weight excluding hydrogens is 292 g/mol. The zero-order valence-electron chi connectivity index (χ0n) is 13.2. The highest BCUT2D eigenvalue weighted by Crippen LogP contribution is 2.26. The van der Waals surface area contributed by atoms with E-state index in [1.165, 1.54) is 14.2 Å². The number of aldehydes is 1. The number of benzene rings is 1.